The van der Waals surface area contributed by atoms with Gasteiger partial charge in [-0.15, -0.1) is 0 Å². The van der Waals surface area contributed by atoms with Gasteiger partial charge in [0.15, 0.2) is 5.65 Å². The molecule has 1 amide bonds. The maximum absolute atomic E-state index is 11.7. The van der Waals surface area contributed by atoms with Crippen LogP contribution in [-0.4, -0.2) is 27.2 Å². The van der Waals surface area contributed by atoms with E-state index in [1.165, 1.54) is 0 Å². The molecule has 0 bridgehead atoms. The Hall–Kier alpha value is -2.89. The summed E-state index contributed by atoms with van der Waals surface area (Å²) in [5.41, 5.74) is 4.65. The number of benzene rings is 1. The van der Waals surface area contributed by atoms with Crippen LogP contribution >= 0.6 is 0 Å². The third kappa shape index (κ3) is 3.33. The lowest BCUT2D eigenvalue weighted by atomic mass is 10.2. The zero-order valence-corrected chi connectivity index (χ0v) is 15.0. The van der Waals surface area contributed by atoms with E-state index in [4.69, 9.17) is 9.72 Å². The summed E-state index contributed by atoms with van der Waals surface area (Å²) in [6.07, 6.45) is 0.312. The molecule has 3 aromatic rings. The predicted molar refractivity (Wildman–Crippen MR) is 97.4 cm³/mol. The molecule has 1 N–H and O–H groups in total. The number of carbonyl (C=O) groups excluding carboxylic acids is 1. The molecule has 2 heterocycles. The number of hydrogen-bond donors (Lipinski definition) is 1. The molecule has 0 unspecified atom stereocenters. The van der Waals surface area contributed by atoms with E-state index in [1.54, 1.807) is 6.07 Å². The molecular formula is C19H22N4O2. The SMILES string of the molecule is CCNC(=O)Oc1cccc(-n2c(CC)nc3c(C)cc(C)nc32)c1. The van der Waals surface area contributed by atoms with Gasteiger partial charge in [0, 0.05) is 24.7 Å². The van der Waals surface area contributed by atoms with Crippen molar-refractivity contribution in [2.45, 2.75) is 34.1 Å². The van der Waals surface area contributed by atoms with Crippen LogP contribution in [-0.2, 0) is 6.42 Å². The highest BCUT2D eigenvalue weighted by atomic mass is 16.6. The fourth-order valence-electron chi connectivity index (χ4n) is 2.89. The predicted octanol–water partition coefficient (Wildman–Crippen LogP) is 3.71. The van der Waals surface area contributed by atoms with Crippen LogP contribution in [0.1, 0.15) is 30.9 Å². The number of amides is 1. The number of nitrogens with zero attached hydrogens (tertiary/aromatic N) is 3. The van der Waals surface area contributed by atoms with Gasteiger partial charge in [0.05, 0.1) is 5.69 Å². The summed E-state index contributed by atoms with van der Waals surface area (Å²) in [6.45, 7) is 8.45. The molecule has 3 rings (SSSR count). The van der Waals surface area contributed by atoms with E-state index in [0.29, 0.717) is 12.3 Å². The molecule has 0 atom stereocenters. The topological polar surface area (TPSA) is 69.0 Å². The maximum atomic E-state index is 11.7. The summed E-state index contributed by atoms with van der Waals surface area (Å²) in [4.78, 5) is 21.1. The van der Waals surface area contributed by atoms with Crippen LogP contribution in [0.25, 0.3) is 16.9 Å². The van der Waals surface area contributed by atoms with E-state index >= 15 is 0 Å². The maximum Gasteiger partial charge on any atom is 0.412 e. The number of pyridine rings is 1. The molecule has 1 aromatic carbocycles. The van der Waals surface area contributed by atoms with Gasteiger partial charge in [-0.1, -0.05) is 13.0 Å². The average molecular weight is 338 g/mol. The summed E-state index contributed by atoms with van der Waals surface area (Å²) >= 11 is 0. The number of ether oxygens (including phenoxy) is 1. The molecule has 0 radical (unpaired) electrons. The lowest BCUT2D eigenvalue weighted by molar-refractivity contribution is 0.201. The number of carbonyl (C=O) groups is 1. The molecule has 6 heteroatoms. The van der Waals surface area contributed by atoms with E-state index < -0.39 is 6.09 Å². The van der Waals surface area contributed by atoms with Crippen LogP contribution in [0.4, 0.5) is 4.79 Å². The number of fused-ring (bicyclic) bond motifs is 1. The van der Waals surface area contributed by atoms with Gasteiger partial charge in [0.1, 0.15) is 17.1 Å². The highest BCUT2D eigenvalue weighted by molar-refractivity contribution is 5.78. The third-order valence-corrected chi connectivity index (χ3v) is 3.93. The number of rotatable bonds is 4. The molecule has 0 aliphatic heterocycles. The molecule has 2 aromatic heterocycles. The van der Waals surface area contributed by atoms with Gasteiger partial charge in [0.25, 0.3) is 0 Å². The summed E-state index contributed by atoms with van der Waals surface area (Å²) < 4.78 is 7.35. The smallest absolute Gasteiger partial charge is 0.410 e. The summed E-state index contributed by atoms with van der Waals surface area (Å²) in [7, 11) is 0. The second-order valence-electron chi connectivity index (χ2n) is 5.89. The Morgan fingerprint density at radius 1 is 1.20 bits per heavy atom. The van der Waals surface area contributed by atoms with Crippen LogP contribution in [0, 0.1) is 13.8 Å². The lowest BCUT2D eigenvalue weighted by Crippen LogP contribution is -2.26. The van der Waals surface area contributed by atoms with Gasteiger partial charge in [-0.2, -0.15) is 0 Å². The molecule has 0 saturated carbocycles. The van der Waals surface area contributed by atoms with E-state index in [2.05, 4.69) is 17.2 Å². The average Bonchev–Trinajstić information content (AvgIpc) is 2.94. The van der Waals surface area contributed by atoms with Gasteiger partial charge in [-0.3, -0.25) is 4.57 Å². The van der Waals surface area contributed by atoms with Gasteiger partial charge in [-0.05, 0) is 44.5 Å². The Morgan fingerprint density at radius 3 is 2.72 bits per heavy atom. The van der Waals surface area contributed by atoms with Crippen molar-refractivity contribution in [3.05, 3.63) is 47.4 Å². The Labute approximate surface area is 146 Å². The second kappa shape index (κ2) is 6.93. The van der Waals surface area contributed by atoms with Crippen LogP contribution in [0.5, 0.6) is 5.75 Å². The Kier molecular flexibility index (Phi) is 4.70. The molecule has 0 spiro atoms. The molecule has 0 saturated heterocycles. The third-order valence-electron chi connectivity index (χ3n) is 3.93. The molecule has 25 heavy (non-hydrogen) atoms. The van der Waals surface area contributed by atoms with Crippen molar-refractivity contribution < 1.29 is 9.53 Å². The van der Waals surface area contributed by atoms with Gasteiger partial charge in [0.2, 0.25) is 0 Å². The lowest BCUT2D eigenvalue weighted by Gasteiger charge is -2.10. The van der Waals surface area contributed by atoms with E-state index in [-0.39, 0.29) is 0 Å². The summed E-state index contributed by atoms with van der Waals surface area (Å²) in [6, 6.07) is 9.44. The molecule has 130 valence electrons. The van der Waals surface area contributed by atoms with E-state index in [0.717, 1.165) is 40.4 Å². The normalized spacial score (nSPS) is 10.9. The van der Waals surface area contributed by atoms with E-state index in [1.807, 2.05) is 49.6 Å². The van der Waals surface area contributed by atoms with Crippen LogP contribution in [0.2, 0.25) is 0 Å². The van der Waals surface area contributed by atoms with Crippen molar-refractivity contribution in [3.8, 4) is 11.4 Å². The number of aryl methyl sites for hydroxylation is 3. The Morgan fingerprint density at radius 2 is 2.00 bits per heavy atom. The van der Waals surface area contributed by atoms with Crippen molar-refractivity contribution in [2.75, 3.05) is 6.54 Å². The first-order chi connectivity index (χ1) is 12.0. The fraction of sp³-hybridized carbons (Fsp3) is 0.316. The summed E-state index contributed by atoms with van der Waals surface area (Å²) in [5.74, 6) is 1.41. The van der Waals surface area contributed by atoms with Crippen molar-refractivity contribution in [1.29, 1.82) is 0 Å². The first-order valence-corrected chi connectivity index (χ1v) is 8.45. The van der Waals surface area contributed by atoms with Crippen LogP contribution in [0.15, 0.2) is 30.3 Å². The van der Waals surface area contributed by atoms with Crippen molar-refractivity contribution in [3.63, 3.8) is 0 Å². The van der Waals surface area contributed by atoms with E-state index in [9.17, 15) is 4.79 Å². The molecule has 0 aliphatic carbocycles. The number of nitrogens with one attached hydrogen (secondary N) is 1. The summed E-state index contributed by atoms with van der Waals surface area (Å²) in [5, 5.41) is 2.62. The van der Waals surface area contributed by atoms with Crippen molar-refractivity contribution >= 4 is 17.3 Å². The molecule has 0 fully saturated rings. The molecule has 6 nitrogen and oxygen atoms in total. The molecule has 0 aliphatic rings. The van der Waals surface area contributed by atoms with Gasteiger partial charge in [-0.25, -0.2) is 14.8 Å². The second-order valence-corrected chi connectivity index (χ2v) is 5.89. The quantitative estimate of drug-likeness (QED) is 0.787. The molecular weight excluding hydrogens is 316 g/mol. The highest BCUT2D eigenvalue weighted by Crippen LogP contribution is 2.25. The zero-order valence-electron chi connectivity index (χ0n) is 15.0. The Balaban J connectivity index is 2.11. The first-order valence-electron chi connectivity index (χ1n) is 8.45. The first kappa shape index (κ1) is 17.0. The minimum absolute atomic E-state index is 0.462. The highest BCUT2D eigenvalue weighted by Gasteiger charge is 2.15. The van der Waals surface area contributed by atoms with Crippen LogP contribution in [0.3, 0.4) is 0 Å². The standard InChI is InChI=1S/C19H22N4O2/c1-5-16-22-17-12(3)10-13(4)21-18(17)23(16)14-8-7-9-15(11-14)25-19(24)20-6-2/h7-11H,5-6H2,1-4H3,(H,20,24). The monoisotopic (exact) mass is 338 g/mol. The van der Waals surface area contributed by atoms with Crippen LogP contribution < -0.4 is 10.1 Å². The Bertz CT molecular complexity index is 931. The van der Waals surface area contributed by atoms with Gasteiger partial charge < -0.3 is 10.1 Å². The largest absolute Gasteiger partial charge is 0.412 e. The van der Waals surface area contributed by atoms with Crippen molar-refractivity contribution in [1.82, 2.24) is 19.9 Å². The van der Waals surface area contributed by atoms with Crippen molar-refractivity contribution in [2.24, 2.45) is 0 Å². The minimum Gasteiger partial charge on any atom is -0.410 e. The number of aromatic nitrogens is 3. The number of hydrogen-bond acceptors (Lipinski definition) is 4. The fourth-order valence-corrected chi connectivity index (χ4v) is 2.89. The van der Waals surface area contributed by atoms with Gasteiger partial charge >= 0.3 is 6.09 Å². The minimum atomic E-state index is -0.462. The number of imidazole rings is 1. The zero-order chi connectivity index (χ0) is 18.0.